The Bertz CT molecular complexity index is 242. The van der Waals surface area contributed by atoms with E-state index < -0.39 is 0 Å². The third kappa shape index (κ3) is 8.48. The van der Waals surface area contributed by atoms with Gasteiger partial charge in [0.05, 0.1) is 0 Å². The number of rotatable bonds is 10. The highest BCUT2D eigenvalue weighted by Gasteiger charge is 2.31. The highest BCUT2D eigenvalue weighted by Crippen LogP contribution is 2.28. The first-order valence-electron chi connectivity index (χ1n) is 7.64. The summed E-state index contributed by atoms with van der Waals surface area (Å²) in [5.74, 6) is 1.06. The molecule has 0 atom stereocenters. The van der Waals surface area contributed by atoms with Gasteiger partial charge in [-0.25, -0.2) is 0 Å². The quantitative estimate of drug-likeness (QED) is 0.627. The number of carbonyl (C=O) groups excluding carboxylic acids is 1. The number of carbonyl (C=O) groups is 1. The SMILES string of the molecule is CC(C)CCN(C(=O)CCCCCCN)C1CC1.Cl. The summed E-state index contributed by atoms with van der Waals surface area (Å²) >= 11 is 0. The summed E-state index contributed by atoms with van der Waals surface area (Å²) in [6, 6.07) is 0.570. The van der Waals surface area contributed by atoms with Crippen LogP contribution in [-0.2, 0) is 4.79 Å². The lowest BCUT2D eigenvalue weighted by molar-refractivity contribution is -0.132. The van der Waals surface area contributed by atoms with Gasteiger partial charge < -0.3 is 10.6 Å². The van der Waals surface area contributed by atoms with E-state index in [1.165, 1.54) is 19.3 Å². The Morgan fingerprint density at radius 2 is 1.84 bits per heavy atom. The van der Waals surface area contributed by atoms with Crippen molar-refractivity contribution >= 4 is 18.3 Å². The first kappa shape index (κ1) is 18.7. The number of nitrogens with zero attached hydrogens (tertiary/aromatic N) is 1. The van der Waals surface area contributed by atoms with Crippen molar-refractivity contribution in [1.29, 1.82) is 0 Å². The summed E-state index contributed by atoms with van der Waals surface area (Å²) in [6.07, 6.45) is 8.74. The molecule has 1 aliphatic carbocycles. The van der Waals surface area contributed by atoms with Gasteiger partial charge in [0.25, 0.3) is 0 Å². The normalized spacial score (nSPS) is 14.3. The van der Waals surface area contributed by atoms with Crippen molar-refractivity contribution in [2.45, 2.75) is 71.3 Å². The van der Waals surface area contributed by atoms with E-state index in [1.54, 1.807) is 0 Å². The first-order valence-corrected chi connectivity index (χ1v) is 7.64. The average Bonchev–Trinajstić information content (AvgIpc) is 3.13. The molecule has 0 aliphatic heterocycles. The lowest BCUT2D eigenvalue weighted by Gasteiger charge is -2.23. The highest BCUT2D eigenvalue weighted by molar-refractivity contribution is 5.85. The molecule has 4 heteroatoms. The van der Waals surface area contributed by atoms with Crippen molar-refractivity contribution < 1.29 is 4.79 Å². The summed E-state index contributed by atoms with van der Waals surface area (Å²) in [4.78, 5) is 14.3. The topological polar surface area (TPSA) is 46.3 Å². The van der Waals surface area contributed by atoms with Gasteiger partial charge in [0.15, 0.2) is 0 Å². The molecule has 0 saturated heterocycles. The summed E-state index contributed by atoms with van der Waals surface area (Å²) in [7, 11) is 0. The molecule has 0 radical (unpaired) electrons. The summed E-state index contributed by atoms with van der Waals surface area (Å²) in [5.41, 5.74) is 5.46. The lowest BCUT2D eigenvalue weighted by atomic mass is 10.1. The number of halogens is 1. The van der Waals surface area contributed by atoms with Crippen LogP contribution >= 0.6 is 12.4 Å². The molecule has 0 aromatic carbocycles. The minimum absolute atomic E-state index is 0. The summed E-state index contributed by atoms with van der Waals surface area (Å²) < 4.78 is 0. The van der Waals surface area contributed by atoms with E-state index in [0.29, 0.717) is 17.9 Å². The van der Waals surface area contributed by atoms with E-state index >= 15 is 0 Å². The fourth-order valence-corrected chi connectivity index (χ4v) is 2.21. The second-order valence-corrected chi connectivity index (χ2v) is 5.95. The Hall–Kier alpha value is -0.280. The molecule has 0 bridgehead atoms. The lowest BCUT2D eigenvalue weighted by Crippen LogP contribution is -2.34. The van der Waals surface area contributed by atoms with Crippen LogP contribution in [0.4, 0.5) is 0 Å². The predicted molar refractivity (Wildman–Crippen MR) is 83.6 cm³/mol. The molecule has 1 rings (SSSR count). The highest BCUT2D eigenvalue weighted by atomic mass is 35.5. The Labute approximate surface area is 124 Å². The van der Waals surface area contributed by atoms with Crippen molar-refractivity contribution in [3.8, 4) is 0 Å². The van der Waals surface area contributed by atoms with Crippen LogP contribution in [0.25, 0.3) is 0 Å². The number of hydrogen-bond acceptors (Lipinski definition) is 2. The molecule has 0 heterocycles. The van der Waals surface area contributed by atoms with Crippen LogP contribution in [0.3, 0.4) is 0 Å². The maximum absolute atomic E-state index is 12.2. The van der Waals surface area contributed by atoms with Gasteiger partial charge >= 0.3 is 0 Å². The fraction of sp³-hybridized carbons (Fsp3) is 0.933. The standard InChI is InChI=1S/C15H30N2O.ClH/c1-13(2)10-12-17(14-8-9-14)15(18)7-5-3-4-6-11-16;/h13-14H,3-12,16H2,1-2H3;1H. The Morgan fingerprint density at radius 3 is 2.37 bits per heavy atom. The molecule has 0 aromatic rings. The zero-order valence-corrected chi connectivity index (χ0v) is 13.4. The Kier molecular flexibility index (Phi) is 10.3. The first-order chi connectivity index (χ1) is 8.65. The molecule has 2 N–H and O–H groups in total. The molecule has 19 heavy (non-hydrogen) atoms. The monoisotopic (exact) mass is 290 g/mol. The minimum Gasteiger partial charge on any atom is -0.340 e. The Balaban J connectivity index is 0.00000324. The van der Waals surface area contributed by atoms with E-state index in [4.69, 9.17) is 5.73 Å². The second kappa shape index (κ2) is 10.5. The van der Waals surface area contributed by atoms with Gasteiger partial charge in [-0.05, 0) is 44.6 Å². The average molecular weight is 291 g/mol. The number of hydrogen-bond donors (Lipinski definition) is 1. The van der Waals surface area contributed by atoms with Crippen molar-refractivity contribution in [2.75, 3.05) is 13.1 Å². The van der Waals surface area contributed by atoms with Gasteiger partial charge in [-0.1, -0.05) is 26.7 Å². The van der Waals surface area contributed by atoms with Crippen LogP contribution < -0.4 is 5.73 Å². The maximum atomic E-state index is 12.2. The number of nitrogens with two attached hydrogens (primary N) is 1. The summed E-state index contributed by atoms with van der Waals surface area (Å²) in [5, 5.41) is 0. The largest absolute Gasteiger partial charge is 0.340 e. The smallest absolute Gasteiger partial charge is 0.222 e. The zero-order valence-electron chi connectivity index (χ0n) is 12.6. The molecule has 0 aromatic heterocycles. The van der Waals surface area contributed by atoms with Gasteiger partial charge in [-0.15, -0.1) is 12.4 Å². The van der Waals surface area contributed by atoms with Gasteiger partial charge in [0, 0.05) is 19.0 Å². The van der Waals surface area contributed by atoms with Crippen LogP contribution in [0.1, 0.15) is 65.2 Å². The van der Waals surface area contributed by atoms with E-state index in [2.05, 4.69) is 18.7 Å². The van der Waals surface area contributed by atoms with E-state index in [-0.39, 0.29) is 12.4 Å². The van der Waals surface area contributed by atoms with Crippen LogP contribution in [-0.4, -0.2) is 29.9 Å². The van der Waals surface area contributed by atoms with Crippen LogP contribution in [0.5, 0.6) is 0 Å². The van der Waals surface area contributed by atoms with Crippen LogP contribution in [0, 0.1) is 5.92 Å². The van der Waals surface area contributed by atoms with Crippen LogP contribution in [0.2, 0.25) is 0 Å². The molecule has 1 aliphatic rings. The van der Waals surface area contributed by atoms with E-state index in [0.717, 1.165) is 45.2 Å². The fourth-order valence-electron chi connectivity index (χ4n) is 2.21. The van der Waals surface area contributed by atoms with Crippen molar-refractivity contribution in [3.63, 3.8) is 0 Å². The predicted octanol–water partition coefficient (Wildman–Crippen LogP) is 3.35. The van der Waals surface area contributed by atoms with E-state index in [1.807, 2.05) is 0 Å². The van der Waals surface area contributed by atoms with Crippen molar-refractivity contribution in [3.05, 3.63) is 0 Å². The van der Waals surface area contributed by atoms with Crippen LogP contribution in [0.15, 0.2) is 0 Å². The maximum Gasteiger partial charge on any atom is 0.222 e. The third-order valence-corrected chi connectivity index (χ3v) is 3.60. The minimum atomic E-state index is 0. The molecular weight excluding hydrogens is 260 g/mol. The molecular formula is C15H31ClN2O. The molecule has 1 amide bonds. The number of amides is 1. The molecule has 0 spiro atoms. The molecule has 0 unspecified atom stereocenters. The van der Waals surface area contributed by atoms with E-state index in [9.17, 15) is 4.79 Å². The number of unbranched alkanes of at least 4 members (excludes halogenated alkanes) is 3. The van der Waals surface area contributed by atoms with Crippen molar-refractivity contribution in [2.24, 2.45) is 11.7 Å². The zero-order chi connectivity index (χ0) is 13.4. The van der Waals surface area contributed by atoms with Crippen molar-refractivity contribution in [1.82, 2.24) is 4.90 Å². The van der Waals surface area contributed by atoms with Gasteiger partial charge in [-0.3, -0.25) is 4.79 Å². The molecule has 3 nitrogen and oxygen atoms in total. The Morgan fingerprint density at radius 1 is 1.21 bits per heavy atom. The molecule has 1 saturated carbocycles. The summed E-state index contributed by atoms with van der Waals surface area (Å²) in [6.45, 7) is 6.19. The third-order valence-electron chi connectivity index (χ3n) is 3.60. The molecule has 114 valence electrons. The van der Waals surface area contributed by atoms with Gasteiger partial charge in [0.2, 0.25) is 5.91 Å². The molecule has 1 fully saturated rings. The van der Waals surface area contributed by atoms with Gasteiger partial charge in [0.1, 0.15) is 0 Å². The second-order valence-electron chi connectivity index (χ2n) is 5.95. The van der Waals surface area contributed by atoms with Gasteiger partial charge in [-0.2, -0.15) is 0 Å².